The minimum absolute atomic E-state index is 0.0734. The van der Waals surface area contributed by atoms with E-state index in [0.717, 1.165) is 53.5 Å². The van der Waals surface area contributed by atoms with E-state index in [2.05, 4.69) is 39.2 Å². The van der Waals surface area contributed by atoms with Crippen LogP contribution in [0.4, 0.5) is 0 Å². The molecule has 1 aromatic carbocycles. The lowest BCUT2D eigenvalue weighted by atomic mass is 9.69. The Bertz CT molecular complexity index is 1070. The maximum absolute atomic E-state index is 6.53. The molecule has 2 aliphatic rings. The zero-order valence-electron chi connectivity index (χ0n) is 15.0. The van der Waals surface area contributed by atoms with Gasteiger partial charge in [0.25, 0.3) is 0 Å². The quantitative estimate of drug-likeness (QED) is 0.612. The molecule has 0 saturated heterocycles. The van der Waals surface area contributed by atoms with Gasteiger partial charge in [-0.3, -0.25) is 0 Å². The van der Waals surface area contributed by atoms with Crippen LogP contribution in [0.25, 0.3) is 27.9 Å². The second kappa shape index (κ2) is 6.32. The fourth-order valence-corrected chi connectivity index (χ4v) is 4.36. The predicted octanol–water partition coefficient (Wildman–Crippen LogP) is 5.26. The first kappa shape index (κ1) is 16.7. The first-order valence-electron chi connectivity index (χ1n) is 9.43. The van der Waals surface area contributed by atoms with Gasteiger partial charge in [-0.15, -0.1) is 0 Å². The molecule has 0 aliphatic heterocycles. The van der Waals surface area contributed by atoms with Crippen LogP contribution in [-0.4, -0.2) is 20.5 Å². The van der Waals surface area contributed by atoms with Crippen molar-refractivity contribution in [2.75, 3.05) is 0 Å². The minimum Gasteiger partial charge on any atom is -0.351 e. The Labute approximate surface area is 163 Å². The van der Waals surface area contributed by atoms with Crippen molar-refractivity contribution >= 4 is 28.2 Å². The monoisotopic (exact) mass is 376 g/mol. The van der Waals surface area contributed by atoms with Gasteiger partial charge in [-0.25, -0.2) is 9.97 Å². The van der Waals surface area contributed by atoms with Crippen LogP contribution >= 0.6 is 11.6 Å². The van der Waals surface area contributed by atoms with Gasteiger partial charge in [0, 0.05) is 11.1 Å². The van der Waals surface area contributed by atoms with Crippen molar-refractivity contribution in [1.29, 1.82) is 0 Å². The summed E-state index contributed by atoms with van der Waals surface area (Å²) in [6.07, 6.45) is 11.6. The van der Waals surface area contributed by atoms with Crippen LogP contribution in [0.3, 0.4) is 0 Å². The van der Waals surface area contributed by atoms with Crippen molar-refractivity contribution in [3.05, 3.63) is 65.1 Å². The Morgan fingerprint density at radius 3 is 2.56 bits per heavy atom. The van der Waals surface area contributed by atoms with E-state index < -0.39 is 0 Å². The number of aromatic nitrogens is 3. The van der Waals surface area contributed by atoms with Gasteiger partial charge in [0.1, 0.15) is 5.52 Å². The van der Waals surface area contributed by atoms with Crippen molar-refractivity contribution in [2.45, 2.75) is 37.6 Å². The second-order valence-corrected chi connectivity index (χ2v) is 7.87. The van der Waals surface area contributed by atoms with Crippen LogP contribution in [0.2, 0.25) is 5.28 Å². The van der Waals surface area contributed by atoms with Crippen LogP contribution < -0.4 is 5.73 Å². The summed E-state index contributed by atoms with van der Waals surface area (Å²) >= 11 is 6.11. The van der Waals surface area contributed by atoms with Crippen LogP contribution in [0.1, 0.15) is 37.7 Å². The van der Waals surface area contributed by atoms with E-state index in [4.69, 9.17) is 17.3 Å². The molecule has 136 valence electrons. The number of allylic oxidation sites excluding steroid dienone is 3. The summed E-state index contributed by atoms with van der Waals surface area (Å²) in [5, 5.41) is 0.269. The molecule has 27 heavy (non-hydrogen) atoms. The number of hydrogen-bond acceptors (Lipinski definition) is 3. The Hall–Kier alpha value is -2.43. The highest BCUT2D eigenvalue weighted by molar-refractivity contribution is 6.28. The summed E-state index contributed by atoms with van der Waals surface area (Å²) in [4.78, 5) is 12.2. The van der Waals surface area contributed by atoms with Gasteiger partial charge in [-0.2, -0.15) is 0 Å². The summed E-state index contributed by atoms with van der Waals surface area (Å²) in [6, 6.07) is 10.3. The molecule has 4 nitrogen and oxygen atoms in total. The SMILES string of the molecule is NC1(C2=CC=C(c3c(-c4ccccc4)[nH]c4cnc(Cl)nc34)CC2)CCC1. The summed E-state index contributed by atoms with van der Waals surface area (Å²) in [6.45, 7) is 0. The molecule has 2 aliphatic carbocycles. The third-order valence-electron chi connectivity index (χ3n) is 5.92. The van der Waals surface area contributed by atoms with Crippen molar-refractivity contribution in [1.82, 2.24) is 15.0 Å². The standard InChI is InChI=1S/C22H21ClN4/c23-21-25-13-17-20(27-21)18(19(26-17)15-5-2-1-3-6-15)14-7-9-16(10-8-14)22(24)11-4-12-22/h1-3,5-7,9,13,26H,4,8,10-12,24H2. The maximum atomic E-state index is 6.53. The molecule has 3 N–H and O–H groups in total. The first-order chi connectivity index (χ1) is 13.1. The second-order valence-electron chi connectivity index (χ2n) is 7.54. The molecule has 2 aromatic heterocycles. The molecule has 1 fully saturated rings. The third kappa shape index (κ3) is 2.80. The number of benzene rings is 1. The van der Waals surface area contributed by atoms with E-state index >= 15 is 0 Å². The van der Waals surface area contributed by atoms with E-state index in [0.29, 0.717) is 0 Å². The Balaban J connectivity index is 1.67. The van der Waals surface area contributed by atoms with Gasteiger partial charge in [0.15, 0.2) is 0 Å². The lowest BCUT2D eigenvalue weighted by Gasteiger charge is -2.41. The summed E-state index contributed by atoms with van der Waals surface area (Å²) in [5.74, 6) is 0. The van der Waals surface area contributed by atoms with Crippen molar-refractivity contribution in [3.63, 3.8) is 0 Å². The molecule has 5 rings (SSSR count). The Morgan fingerprint density at radius 1 is 1.07 bits per heavy atom. The molecular weight excluding hydrogens is 356 g/mol. The number of H-pyrrole nitrogens is 1. The van der Waals surface area contributed by atoms with Gasteiger partial charge in [-0.05, 0) is 54.8 Å². The fraction of sp³-hybridized carbons (Fsp3) is 0.273. The van der Waals surface area contributed by atoms with E-state index in [-0.39, 0.29) is 10.8 Å². The number of halogens is 1. The van der Waals surface area contributed by atoms with Crippen LogP contribution in [0, 0.1) is 0 Å². The van der Waals surface area contributed by atoms with E-state index in [1.54, 1.807) is 6.20 Å². The highest BCUT2D eigenvalue weighted by Crippen LogP contribution is 2.43. The molecule has 3 aromatic rings. The Kier molecular flexibility index (Phi) is 3.92. The van der Waals surface area contributed by atoms with Crippen LogP contribution in [0.5, 0.6) is 0 Å². The van der Waals surface area contributed by atoms with Gasteiger partial charge in [-0.1, -0.05) is 48.1 Å². The molecule has 2 heterocycles. The largest absolute Gasteiger partial charge is 0.351 e. The molecule has 0 radical (unpaired) electrons. The van der Waals surface area contributed by atoms with E-state index in [1.807, 2.05) is 18.2 Å². The maximum Gasteiger partial charge on any atom is 0.223 e. The molecule has 0 atom stereocenters. The predicted molar refractivity (Wildman–Crippen MR) is 110 cm³/mol. The molecule has 0 spiro atoms. The van der Waals surface area contributed by atoms with Crippen molar-refractivity contribution < 1.29 is 0 Å². The van der Waals surface area contributed by atoms with Crippen LogP contribution in [0.15, 0.2) is 54.3 Å². The zero-order chi connectivity index (χ0) is 18.4. The van der Waals surface area contributed by atoms with Crippen LogP contribution in [-0.2, 0) is 0 Å². The zero-order valence-corrected chi connectivity index (χ0v) is 15.8. The number of nitrogens with two attached hydrogens (primary N) is 1. The number of nitrogens with zero attached hydrogens (tertiary/aromatic N) is 2. The molecule has 1 saturated carbocycles. The minimum atomic E-state index is -0.0734. The highest BCUT2D eigenvalue weighted by atomic mass is 35.5. The third-order valence-corrected chi connectivity index (χ3v) is 6.11. The fourth-order valence-electron chi connectivity index (χ4n) is 4.23. The molecule has 0 amide bonds. The normalized spacial score (nSPS) is 18.7. The number of nitrogens with one attached hydrogen (secondary N) is 1. The van der Waals surface area contributed by atoms with E-state index in [1.165, 1.54) is 17.6 Å². The lowest BCUT2D eigenvalue weighted by molar-refractivity contribution is 0.291. The van der Waals surface area contributed by atoms with Gasteiger partial charge >= 0.3 is 0 Å². The van der Waals surface area contributed by atoms with Crippen molar-refractivity contribution in [2.24, 2.45) is 5.73 Å². The summed E-state index contributed by atoms with van der Waals surface area (Å²) in [7, 11) is 0. The number of rotatable bonds is 3. The summed E-state index contributed by atoms with van der Waals surface area (Å²) < 4.78 is 0. The van der Waals surface area contributed by atoms with Gasteiger partial charge in [0.2, 0.25) is 5.28 Å². The molecule has 0 bridgehead atoms. The average Bonchev–Trinajstić information content (AvgIpc) is 3.05. The van der Waals surface area contributed by atoms with E-state index in [9.17, 15) is 0 Å². The van der Waals surface area contributed by atoms with Gasteiger partial charge in [0.05, 0.1) is 17.4 Å². The average molecular weight is 377 g/mol. The number of aromatic amines is 1. The van der Waals surface area contributed by atoms with Gasteiger partial charge < -0.3 is 10.7 Å². The highest BCUT2D eigenvalue weighted by Gasteiger charge is 2.36. The molecule has 0 unspecified atom stereocenters. The summed E-state index contributed by atoms with van der Waals surface area (Å²) in [5.41, 5.74) is 14.2. The first-order valence-corrected chi connectivity index (χ1v) is 9.81. The lowest BCUT2D eigenvalue weighted by Crippen LogP contribution is -2.48. The molecule has 5 heteroatoms. The molecular formula is C22H21ClN4. The smallest absolute Gasteiger partial charge is 0.223 e. The topological polar surface area (TPSA) is 67.6 Å². The Morgan fingerprint density at radius 2 is 1.89 bits per heavy atom. The number of fused-ring (bicyclic) bond motifs is 1. The van der Waals surface area contributed by atoms with Crippen molar-refractivity contribution in [3.8, 4) is 11.3 Å². The number of hydrogen-bond donors (Lipinski definition) is 2.